The molecule has 0 bridgehead atoms. The van der Waals surface area contributed by atoms with Gasteiger partial charge in [-0.2, -0.15) is 0 Å². The molecule has 0 aliphatic carbocycles. The standard InChI is InChI=1S/C12H17N3O4/c1-2-15-10(8-12(17)18)13-9(7-11(15)16)14-3-5-19-6-4-14/h7H,2-6,8H2,1H3,(H,17,18). The molecule has 7 heteroatoms. The lowest BCUT2D eigenvalue weighted by molar-refractivity contribution is -0.136. The maximum absolute atomic E-state index is 12.0. The first-order chi connectivity index (χ1) is 9.11. The highest BCUT2D eigenvalue weighted by atomic mass is 16.5. The molecule has 1 N–H and O–H groups in total. The highest BCUT2D eigenvalue weighted by Gasteiger charge is 2.17. The molecule has 1 aliphatic rings. The normalized spacial score (nSPS) is 15.5. The molecule has 0 saturated carbocycles. The summed E-state index contributed by atoms with van der Waals surface area (Å²) in [7, 11) is 0. The number of aliphatic carboxylic acids is 1. The van der Waals surface area contributed by atoms with Crippen molar-refractivity contribution >= 4 is 11.8 Å². The number of ether oxygens (including phenoxy) is 1. The van der Waals surface area contributed by atoms with Gasteiger partial charge in [-0.3, -0.25) is 14.2 Å². The summed E-state index contributed by atoms with van der Waals surface area (Å²) < 4.78 is 6.63. The van der Waals surface area contributed by atoms with E-state index in [1.54, 1.807) is 6.92 Å². The summed E-state index contributed by atoms with van der Waals surface area (Å²) in [5, 5.41) is 8.89. The van der Waals surface area contributed by atoms with Crippen LogP contribution in [0.2, 0.25) is 0 Å². The second-order valence-corrected chi connectivity index (χ2v) is 4.28. The van der Waals surface area contributed by atoms with Crippen LogP contribution in [-0.4, -0.2) is 46.9 Å². The smallest absolute Gasteiger partial charge is 0.311 e. The first kappa shape index (κ1) is 13.5. The SMILES string of the molecule is CCn1c(CC(=O)O)nc(N2CCOCC2)cc1=O. The molecule has 2 rings (SSSR count). The molecule has 0 radical (unpaired) electrons. The molecule has 1 aliphatic heterocycles. The van der Waals surface area contributed by atoms with Crippen molar-refractivity contribution in [3.63, 3.8) is 0 Å². The number of hydrogen-bond acceptors (Lipinski definition) is 5. The van der Waals surface area contributed by atoms with Crippen LogP contribution in [0.25, 0.3) is 0 Å². The van der Waals surface area contributed by atoms with Crippen molar-refractivity contribution in [2.75, 3.05) is 31.2 Å². The summed E-state index contributed by atoms with van der Waals surface area (Å²) in [6.07, 6.45) is -0.249. The Hall–Kier alpha value is -1.89. The highest BCUT2D eigenvalue weighted by Crippen LogP contribution is 2.11. The zero-order valence-corrected chi connectivity index (χ0v) is 10.8. The van der Waals surface area contributed by atoms with Crippen LogP contribution in [0.4, 0.5) is 5.82 Å². The van der Waals surface area contributed by atoms with E-state index in [9.17, 15) is 9.59 Å². The van der Waals surface area contributed by atoms with Crippen molar-refractivity contribution < 1.29 is 14.6 Å². The van der Waals surface area contributed by atoms with Gasteiger partial charge < -0.3 is 14.7 Å². The van der Waals surface area contributed by atoms with Gasteiger partial charge in [0, 0.05) is 25.7 Å². The average Bonchev–Trinajstić information content (AvgIpc) is 2.38. The van der Waals surface area contributed by atoms with E-state index in [1.165, 1.54) is 10.6 Å². The summed E-state index contributed by atoms with van der Waals surface area (Å²) in [5.41, 5.74) is -0.213. The van der Waals surface area contributed by atoms with Crippen LogP contribution in [-0.2, 0) is 22.5 Å². The summed E-state index contributed by atoms with van der Waals surface area (Å²) in [5.74, 6) is -0.161. The van der Waals surface area contributed by atoms with Crippen molar-refractivity contribution in [1.82, 2.24) is 9.55 Å². The Morgan fingerprint density at radius 3 is 2.74 bits per heavy atom. The third-order valence-corrected chi connectivity index (χ3v) is 3.03. The zero-order chi connectivity index (χ0) is 13.8. The number of hydrogen-bond donors (Lipinski definition) is 1. The van der Waals surface area contributed by atoms with Crippen molar-refractivity contribution in [3.8, 4) is 0 Å². The van der Waals surface area contributed by atoms with Gasteiger partial charge in [-0.15, -0.1) is 0 Å². The molecule has 2 heterocycles. The Morgan fingerprint density at radius 1 is 1.47 bits per heavy atom. The fourth-order valence-electron chi connectivity index (χ4n) is 2.10. The van der Waals surface area contributed by atoms with Crippen molar-refractivity contribution in [1.29, 1.82) is 0 Å². The van der Waals surface area contributed by atoms with Crippen LogP contribution >= 0.6 is 0 Å². The third-order valence-electron chi connectivity index (χ3n) is 3.03. The fraction of sp³-hybridized carbons (Fsp3) is 0.583. The lowest BCUT2D eigenvalue weighted by Crippen LogP contribution is -2.38. The summed E-state index contributed by atoms with van der Waals surface area (Å²) in [6.45, 7) is 4.71. The van der Waals surface area contributed by atoms with Gasteiger partial charge >= 0.3 is 5.97 Å². The maximum atomic E-state index is 12.0. The van der Waals surface area contributed by atoms with Gasteiger partial charge in [-0.25, -0.2) is 4.98 Å². The van der Waals surface area contributed by atoms with Crippen LogP contribution in [0.1, 0.15) is 12.7 Å². The Labute approximate surface area is 110 Å². The third kappa shape index (κ3) is 3.11. The molecule has 1 fully saturated rings. The summed E-state index contributed by atoms with van der Waals surface area (Å²) in [6, 6.07) is 1.46. The van der Waals surface area contributed by atoms with E-state index in [2.05, 4.69) is 4.98 Å². The van der Waals surface area contributed by atoms with Gasteiger partial charge in [0.25, 0.3) is 5.56 Å². The number of nitrogens with zero attached hydrogens (tertiary/aromatic N) is 3. The molecular formula is C12H17N3O4. The lowest BCUT2D eigenvalue weighted by atomic mass is 10.3. The van der Waals surface area contributed by atoms with Crippen LogP contribution in [0.15, 0.2) is 10.9 Å². The topological polar surface area (TPSA) is 84.7 Å². The molecule has 1 saturated heterocycles. The van der Waals surface area contributed by atoms with Gasteiger partial charge in [0.2, 0.25) is 0 Å². The van der Waals surface area contributed by atoms with Gasteiger partial charge in [0.15, 0.2) is 0 Å². The Kier molecular flexibility index (Phi) is 4.16. The average molecular weight is 267 g/mol. The fourth-order valence-corrected chi connectivity index (χ4v) is 2.10. The Balaban J connectivity index is 2.37. The van der Waals surface area contributed by atoms with E-state index in [-0.39, 0.29) is 12.0 Å². The molecule has 0 aromatic carbocycles. The summed E-state index contributed by atoms with van der Waals surface area (Å²) in [4.78, 5) is 29.1. The summed E-state index contributed by atoms with van der Waals surface area (Å²) >= 11 is 0. The Morgan fingerprint density at radius 2 is 2.16 bits per heavy atom. The van der Waals surface area contributed by atoms with Gasteiger partial charge in [0.05, 0.1) is 13.2 Å². The second-order valence-electron chi connectivity index (χ2n) is 4.28. The van der Waals surface area contributed by atoms with Crippen molar-refractivity contribution in [3.05, 3.63) is 22.2 Å². The van der Waals surface area contributed by atoms with Gasteiger partial charge in [0.1, 0.15) is 18.1 Å². The minimum atomic E-state index is -0.992. The van der Waals surface area contributed by atoms with Crippen LogP contribution in [0.3, 0.4) is 0 Å². The molecular weight excluding hydrogens is 250 g/mol. The molecule has 0 unspecified atom stereocenters. The molecule has 104 valence electrons. The second kappa shape index (κ2) is 5.83. The van der Waals surface area contributed by atoms with Gasteiger partial charge in [-0.05, 0) is 6.92 Å². The number of carboxylic acid groups (broad SMARTS) is 1. The lowest BCUT2D eigenvalue weighted by Gasteiger charge is -2.28. The van der Waals surface area contributed by atoms with Crippen LogP contribution in [0.5, 0.6) is 0 Å². The predicted octanol–water partition coefficient (Wildman–Crippen LogP) is -0.273. The van der Waals surface area contributed by atoms with E-state index in [0.29, 0.717) is 44.5 Å². The molecule has 0 amide bonds. The minimum absolute atomic E-state index is 0.213. The number of rotatable bonds is 4. The van der Waals surface area contributed by atoms with E-state index in [0.717, 1.165) is 0 Å². The first-order valence-electron chi connectivity index (χ1n) is 6.27. The molecule has 19 heavy (non-hydrogen) atoms. The number of carboxylic acids is 1. The van der Waals surface area contributed by atoms with Gasteiger partial charge in [-0.1, -0.05) is 0 Å². The van der Waals surface area contributed by atoms with Crippen molar-refractivity contribution in [2.24, 2.45) is 0 Å². The number of carbonyl (C=O) groups is 1. The zero-order valence-electron chi connectivity index (χ0n) is 10.8. The molecule has 0 atom stereocenters. The van der Waals surface area contributed by atoms with Crippen LogP contribution < -0.4 is 10.5 Å². The minimum Gasteiger partial charge on any atom is -0.481 e. The van der Waals surface area contributed by atoms with E-state index >= 15 is 0 Å². The highest BCUT2D eigenvalue weighted by molar-refractivity contribution is 5.69. The predicted molar refractivity (Wildman–Crippen MR) is 68.5 cm³/mol. The maximum Gasteiger partial charge on any atom is 0.311 e. The molecule has 1 aromatic heterocycles. The monoisotopic (exact) mass is 267 g/mol. The molecule has 1 aromatic rings. The Bertz CT molecular complexity index is 520. The molecule has 7 nitrogen and oxygen atoms in total. The van der Waals surface area contributed by atoms with E-state index in [1.807, 2.05) is 4.90 Å². The first-order valence-corrected chi connectivity index (χ1v) is 6.27. The van der Waals surface area contributed by atoms with E-state index in [4.69, 9.17) is 9.84 Å². The van der Waals surface area contributed by atoms with E-state index < -0.39 is 5.97 Å². The van der Waals surface area contributed by atoms with Crippen LogP contribution in [0, 0.1) is 0 Å². The molecule has 0 spiro atoms. The van der Waals surface area contributed by atoms with Crippen molar-refractivity contribution in [2.45, 2.75) is 19.9 Å². The number of anilines is 1. The number of aromatic nitrogens is 2. The number of morpholine rings is 1. The largest absolute Gasteiger partial charge is 0.481 e. The quantitative estimate of drug-likeness (QED) is 0.808.